The number of hydrogen-bond donors (Lipinski definition) is 0. The molecule has 0 aliphatic carbocycles. The Kier molecular flexibility index (Phi) is 1.97. The van der Waals surface area contributed by atoms with Crippen molar-refractivity contribution >= 4 is 18.2 Å². The summed E-state index contributed by atoms with van der Waals surface area (Å²) >= 11 is 1.64. The molecule has 1 aliphatic heterocycles. The molecule has 0 aromatic heterocycles. The van der Waals surface area contributed by atoms with Gasteiger partial charge in [-0.3, -0.25) is 4.79 Å². The molecule has 0 bridgehead atoms. The molecule has 1 rings (SSSR count). The number of carbonyl (C=O) groups is 1. The Hall–Kier alpha value is -0.440. The fourth-order valence-electron chi connectivity index (χ4n) is 0.511. The summed E-state index contributed by atoms with van der Waals surface area (Å²) in [6.45, 7) is 0.774. The molecule has 0 atom stereocenters. The third-order valence-electron chi connectivity index (χ3n) is 0.922. The lowest BCUT2D eigenvalue weighted by molar-refractivity contribution is -0.116. The van der Waals surface area contributed by atoms with E-state index in [9.17, 15) is 4.79 Å². The molecule has 1 amide bonds. The van der Waals surface area contributed by atoms with Crippen molar-refractivity contribution < 1.29 is 4.79 Å². The highest BCUT2D eigenvalue weighted by molar-refractivity contribution is 8.02. The van der Waals surface area contributed by atoms with E-state index in [-0.39, 0.29) is 0 Å². The van der Waals surface area contributed by atoms with Crippen LogP contribution in [0.5, 0.6) is 0 Å². The van der Waals surface area contributed by atoms with Crippen LogP contribution in [0.25, 0.3) is 0 Å². The van der Waals surface area contributed by atoms with E-state index >= 15 is 0 Å². The zero-order chi connectivity index (χ0) is 5.82. The topological polar surface area (TPSA) is 20.3 Å². The summed E-state index contributed by atoms with van der Waals surface area (Å²) in [5, 5.41) is 2.01. The summed E-state index contributed by atoms with van der Waals surface area (Å²) < 4.78 is 0. The van der Waals surface area contributed by atoms with E-state index in [2.05, 4.69) is 0 Å². The lowest BCUT2D eigenvalue weighted by Crippen LogP contribution is -2.22. The third kappa shape index (κ3) is 1.26. The first-order valence-corrected chi connectivity index (χ1v) is 3.44. The zero-order valence-corrected chi connectivity index (χ0v) is 5.23. The van der Waals surface area contributed by atoms with Gasteiger partial charge in [-0.2, -0.15) is 0 Å². The highest BCUT2D eigenvalue weighted by atomic mass is 32.2. The Bertz CT molecular complexity index is 113. The van der Waals surface area contributed by atoms with Crippen LogP contribution in [0.15, 0.2) is 11.5 Å². The predicted molar refractivity (Wildman–Crippen MR) is 34.4 cm³/mol. The Morgan fingerprint density at radius 1 is 1.75 bits per heavy atom. The lowest BCUT2D eigenvalue weighted by atomic mass is 10.6. The van der Waals surface area contributed by atoms with Gasteiger partial charge >= 0.3 is 0 Å². The van der Waals surface area contributed by atoms with Crippen LogP contribution in [-0.4, -0.2) is 23.7 Å². The van der Waals surface area contributed by atoms with Gasteiger partial charge in [-0.25, -0.2) is 0 Å². The SMILES string of the molecule is O=CN1CC=CSC1. The molecule has 1 aliphatic rings. The van der Waals surface area contributed by atoms with Crippen molar-refractivity contribution in [2.75, 3.05) is 12.4 Å². The molecular weight excluding hydrogens is 122 g/mol. The first-order valence-electron chi connectivity index (χ1n) is 2.39. The normalized spacial score (nSPS) is 18.8. The quantitative estimate of drug-likeness (QED) is 0.485. The predicted octanol–water partition coefficient (Wildman–Crippen LogP) is 0.663. The van der Waals surface area contributed by atoms with Crippen molar-refractivity contribution in [1.82, 2.24) is 4.90 Å². The fraction of sp³-hybridized carbons (Fsp3) is 0.400. The first-order chi connectivity index (χ1) is 3.93. The molecule has 1 heterocycles. The largest absolute Gasteiger partial charge is 0.332 e. The van der Waals surface area contributed by atoms with Crippen molar-refractivity contribution in [3.05, 3.63) is 11.5 Å². The molecule has 0 fully saturated rings. The maximum absolute atomic E-state index is 10.0. The van der Waals surface area contributed by atoms with Crippen molar-refractivity contribution in [1.29, 1.82) is 0 Å². The smallest absolute Gasteiger partial charge is 0.210 e. The Morgan fingerprint density at radius 3 is 3.00 bits per heavy atom. The van der Waals surface area contributed by atoms with Gasteiger partial charge in [0.1, 0.15) is 0 Å². The third-order valence-corrected chi connectivity index (χ3v) is 1.79. The van der Waals surface area contributed by atoms with Crippen LogP contribution in [0.3, 0.4) is 0 Å². The van der Waals surface area contributed by atoms with Gasteiger partial charge in [0, 0.05) is 6.54 Å². The molecule has 0 unspecified atom stereocenters. The van der Waals surface area contributed by atoms with E-state index in [0.29, 0.717) is 0 Å². The average Bonchev–Trinajstić information content (AvgIpc) is 1.90. The van der Waals surface area contributed by atoms with Gasteiger partial charge in [0.05, 0.1) is 5.88 Å². The van der Waals surface area contributed by atoms with Crippen molar-refractivity contribution in [2.24, 2.45) is 0 Å². The second-order valence-corrected chi connectivity index (χ2v) is 2.41. The summed E-state index contributed by atoms with van der Waals surface area (Å²) in [6.07, 6.45) is 2.85. The fourth-order valence-corrected chi connectivity index (χ4v) is 1.18. The Labute approximate surface area is 52.5 Å². The van der Waals surface area contributed by atoms with E-state index < -0.39 is 0 Å². The summed E-state index contributed by atoms with van der Waals surface area (Å²) in [5.41, 5.74) is 0. The average molecular weight is 129 g/mol. The maximum Gasteiger partial charge on any atom is 0.210 e. The van der Waals surface area contributed by atoms with Gasteiger partial charge < -0.3 is 4.90 Å². The van der Waals surface area contributed by atoms with Crippen LogP contribution in [0.4, 0.5) is 0 Å². The minimum atomic E-state index is 0.774. The van der Waals surface area contributed by atoms with Crippen LogP contribution < -0.4 is 0 Å². The Balaban J connectivity index is 2.37. The van der Waals surface area contributed by atoms with Crippen molar-refractivity contribution in [3.63, 3.8) is 0 Å². The summed E-state index contributed by atoms with van der Waals surface area (Å²) in [5.74, 6) is 0.806. The zero-order valence-electron chi connectivity index (χ0n) is 4.41. The van der Waals surface area contributed by atoms with Crippen LogP contribution in [0.2, 0.25) is 0 Å². The van der Waals surface area contributed by atoms with E-state index in [4.69, 9.17) is 0 Å². The first kappa shape index (κ1) is 5.69. The van der Waals surface area contributed by atoms with Crippen LogP contribution in [0.1, 0.15) is 0 Å². The number of nitrogens with zero attached hydrogens (tertiary/aromatic N) is 1. The summed E-state index contributed by atoms with van der Waals surface area (Å²) in [4.78, 5) is 11.8. The second-order valence-electron chi connectivity index (χ2n) is 1.54. The number of amides is 1. The van der Waals surface area contributed by atoms with E-state index in [1.54, 1.807) is 16.7 Å². The van der Waals surface area contributed by atoms with E-state index in [1.807, 2.05) is 11.5 Å². The minimum Gasteiger partial charge on any atom is -0.332 e. The van der Waals surface area contributed by atoms with Gasteiger partial charge in [-0.1, -0.05) is 6.08 Å². The maximum atomic E-state index is 10.0. The molecule has 0 saturated carbocycles. The highest BCUT2D eigenvalue weighted by Crippen LogP contribution is 2.08. The van der Waals surface area contributed by atoms with Gasteiger partial charge in [0.15, 0.2) is 0 Å². The minimum absolute atomic E-state index is 0.774. The number of hydrogen-bond acceptors (Lipinski definition) is 2. The number of thioether (sulfide) groups is 1. The highest BCUT2D eigenvalue weighted by Gasteiger charge is 1.99. The molecule has 0 aromatic rings. The molecule has 0 spiro atoms. The van der Waals surface area contributed by atoms with Gasteiger partial charge in [0.2, 0.25) is 6.41 Å². The standard InChI is InChI=1S/C5H7NOS/c7-4-6-2-1-3-8-5-6/h1,3-4H,2,5H2. The molecule has 3 heteroatoms. The van der Waals surface area contributed by atoms with Crippen LogP contribution >= 0.6 is 11.8 Å². The van der Waals surface area contributed by atoms with Gasteiger partial charge in [-0.05, 0) is 5.41 Å². The number of rotatable bonds is 1. The molecule has 44 valence electrons. The molecule has 0 saturated heterocycles. The van der Waals surface area contributed by atoms with Gasteiger partial charge in [-0.15, -0.1) is 11.8 Å². The Morgan fingerprint density at radius 2 is 2.62 bits per heavy atom. The van der Waals surface area contributed by atoms with Crippen molar-refractivity contribution in [2.45, 2.75) is 0 Å². The molecular formula is C5H7NOS. The van der Waals surface area contributed by atoms with Gasteiger partial charge in [0.25, 0.3) is 0 Å². The monoisotopic (exact) mass is 129 g/mol. The molecule has 0 aromatic carbocycles. The number of carbonyl (C=O) groups excluding carboxylic acids is 1. The van der Waals surface area contributed by atoms with Crippen LogP contribution in [0, 0.1) is 0 Å². The van der Waals surface area contributed by atoms with E-state index in [1.165, 1.54) is 0 Å². The summed E-state index contributed by atoms with van der Waals surface area (Å²) in [7, 11) is 0. The summed E-state index contributed by atoms with van der Waals surface area (Å²) in [6, 6.07) is 0. The van der Waals surface area contributed by atoms with Crippen LogP contribution in [-0.2, 0) is 4.79 Å². The second kappa shape index (κ2) is 2.77. The molecule has 0 radical (unpaired) electrons. The molecule has 2 nitrogen and oxygen atoms in total. The molecule has 8 heavy (non-hydrogen) atoms. The van der Waals surface area contributed by atoms with Crippen molar-refractivity contribution in [3.8, 4) is 0 Å². The molecule has 0 N–H and O–H groups in total. The lowest BCUT2D eigenvalue weighted by Gasteiger charge is -2.16. The van der Waals surface area contributed by atoms with E-state index in [0.717, 1.165) is 18.8 Å².